The lowest BCUT2D eigenvalue weighted by Gasteiger charge is -2.31. The first-order valence-corrected chi connectivity index (χ1v) is 7.03. The van der Waals surface area contributed by atoms with Crippen LogP contribution >= 0.6 is 0 Å². The number of hydrogen-bond donors (Lipinski definition) is 0. The van der Waals surface area contributed by atoms with Gasteiger partial charge in [0.05, 0.1) is 0 Å². The average molecular weight is 223 g/mol. The minimum Gasteiger partial charge on any atom is -0.342 e. The zero-order chi connectivity index (χ0) is 11.4. The number of hydrogen-bond acceptors (Lipinski definition) is 1. The number of rotatable bonds is 3. The molecule has 0 unspecified atom stereocenters. The Kier molecular flexibility index (Phi) is 4.25. The third kappa shape index (κ3) is 3.23. The molecule has 92 valence electrons. The van der Waals surface area contributed by atoms with Crippen LogP contribution < -0.4 is 0 Å². The molecule has 0 aromatic carbocycles. The van der Waals surface area contributed by atoms with E-state index in [0.717, 1.165) is 31.8 Å². The standard InChI is InChI=1S/C14H25NO/c1-12-5-4-10-15(11-12)14(16)9-8-13-6-2-3-7-13/h12-13H,2-11H2,1H3/t12-/m1/s1. The molecule has 0 bridgehead atoms. The highest BCUT2D eigenvalue weighted by Gasteiger charge is 2.22. The van der Waals surface area contributed by atoms with Crippen molar-refractivity contribution in [1.82, 2.24) is 4.90 Å². The summed E-state index contributed by atoms with van der Waals surface area (Å²) >= 11 is 0. The SMILES string of the molecule is C[C@@H]1CCCN(C(=O)CCC2CCCC2)C1. The van der Waals surface area contributed by atoms with E-state index in [0.29, 0.717) is 11.8 Å². The largest absolute Gasteiger partial charge is 0.342 e. The van der Waals surface area contributed by atoms with E-state index >= 15 is 0 Å². The molecule has 1 amide bonds. The maximum absolute atomic E-state index is 12.0. The molecule has 2 nitrogen and oxygen atoms in total. The molecule has 1 atom stereocenters. The van der Waals surface area contributed by atoms with Crippen molar-refractivity contribution in [2.24, 2.45) is 11.8 Å². The Morgan fingerprint density at radius 1 is 1.19 bits per heavy atom. The van der Waals surface area contributed by atoms with Crippen LogP contribution in [0.5, 0.6) is 0 Å². The second kappa shape index (κ2) is 5.70. The van der Waals surface area contributed by atoms with E-state index < -0.39 is 0 Å². The van der Waals surface area contributed by atoms with Crippen LogP contribution in [0.15, 0.2) is 0 Å². The normalized spacial score (nSPS) is 27.3. The maximum atomic E-state index is 12.0. The van der Waals surface area contributed by atoms with Crippen LogP contribution in [0.3, 0.4) is 0 Å². The Balaban J connectivity index is 1.70. The van der Waals surface area contributed by atoms with Gasteiger partial charge >= 0.3 is 0 Å². The van der Waals surface area contributed by atoms with Crippen molar-refractivity contribution in [2.45, 2.75) is 58.3 Å². The highest BCUT2D eigenvalue weighted by molar-refractivity contribution is 5.76. The fourth-order valence-corrected chi connectivity index (χ4v) is 3.20. The fraction of sp³-hybridized carbons (Fsp3) is 0.929. The van der Waals surface area contributed by atoms with E-state index in [2.05, 4.69) is 11.8 Å². The van der Waals surface area contributed by atoms with Gasteiger partial charge in [0.15, 0.2) is 0 Å². The molecule has 2 rings (SSSR count). The smallest absolute Gasteiger partial charge is 0.222 e. The Morgan fingerprint density at radius 2 is 1.94 bits per heavy atom. The molecule has 1 heterocycles. The van der Waals surface area contributed by atoms with Gasteiger partial charge in [-0.1, -0.05) is 32.6 Å². The molecule has 2 heteroatoms. The molecule has 1 aliphatic heterocycles. The van der Waals surface area contributed by atoms with E-state index in [9.17, 15) is 4.79 Å². The molecular weight excluding hydrogens is 198 g/mol. The number of carbonyl (C=O) groups is 1. The van der Waals surface area contributed by atoms with Gasteiger partial charge in [-0.2, -0.15) is 0 Å². The Morgan fingerprint density at radius 3 is 2.62 bits per heavy atom. The van der Waals surface area contributed by atoms with Gasteiger partial charge in [-0.15, -0.1) is 0 Å². The van der Waals surface area contributed by atoms with Crippen LogP contribution in [0.2, 0.25) is 0 Å². The molecule has 0 aromatic heterocycles. The van der Waals surface area contributed by atoms with Crippen LogP contribution in [-0.4, -0.2) is 23.9 Å². The summed E-state index contributed by atoms with van der Waals surface area (Å²) in [6.45, 7) is 4.27. The van der Waals surface area contributed by atoms with Crippen molar-refractivity contribution in [3.05, 3.63) is 0 Å². The molecule has 16 heavy (non-hydrogen) atoms. The molecule has 2 fully saturated rings. The average Bonchev–Trinajstić information content (AvgIpc) is 2.78. The topological polar surface area (TPSA) is 20.3 Å². The van der Waals surface area contributed by atoms with Gasteiger partial charge in [0.2, 0.25) is 5.91 Å². The molecule has 1 saturated carbocycles. The fourth-order valence-electron chi connectivity index (χ4n) is 3.20. The highest BCUT2D eigenvalue weighted by atomic mass is 16.2. The van der Waals surface area contributed by atoms with Gasteiger partial charge in [0, 0.05) is 19.5 Å². The summed E-state index contributed by atoms with van der Waals surface area (Å²) < 4.78 is 0. The van der Waals surface area contributed by atoms with Crippen molar-refractivity contribution >= 4 is 5.91 Å². The van der Waals surface area contributed by atoms with E-state index in [-0.39, 0.29) is 0 Å². The lowest BCUT2D eigenvalue weighted by Crippen LogP contribution is -2.39. The second-order valence-electron chi connectivity index (χ2n) is 5.78. The Labute approximate surface area is 99.4 Å². The number of piperidine rings is 1. The van der Waals surface area contributed by atoms with E-state index in [1.807, 2.05) is 0 Å². The van der Waals surface area contributed by atoms with E-state index in [4.69, 9.17) is 0 Å². The van der Waals surface area contributed by atoms with Crippen molar-refractivity contribution in [1.29, 1.82) is 0 Å². The molecule has 1 saturated heterocycles. The number of nitrogens with zero attached hydrogens (tertiary/aromatic N) is 1. The summed E-state index contributed by atoms with van der Waals surface area (Å²) in [6, 6.07) is 0. The third-order valence-corrected chi connectivity index (χ3v) is 4.25. The molecule has 0 aromatic rings. The van der Waals surface area contributed by atoms with Crippen molar-refractivity contribution in [3.63, 3.8) is 0 Å². The quantitative estimate of drug-likeness (QED) is 0.719. The predicted molar refractivity (Wildman–Crippen MR) is 66.2 cm³/mol. The van der Waals surface area contributed by atoms with Crippen LogP contribution in [0.25, 0.3) is 0 Å². The summed E-state index contributed by atoms with van der Waals surface area (Å²) in [5, 5.41) is 0. The summed E-state index contributed by atoms with van der Waals surface area (Å²) in [4.78, 5) is 14.1. The number of likely N-dealkylation sites (tertiary alicyclic amines) is 1. The zero-order valence-electron chi connectivity index (χ0n) is 10.6. The van der Waals surface area contributed by atoms with Gasteiger partial charge < -0.3 is 4.90 Å². The zero-order valence-corrected chi connectivity index (χ0v) is 10.6. The lowest BCUT2D eigenvalue weighted by atomic mass is 9.98. The highest BCUT2D eigenvalue weighted by Crippen LogP contribution is 2.29. The van der Waals surface area contributed by atoms with Crippen LogP contribution in [0.4, 0.5) is 0 Å². The number of amides is 1. The molecular formula is C14H25NO. The molecule has 1 aliphatic carbocycles. The molecule has 0 spiro atoms. The first kappa shape index (κ1) is 11.9. The van der Waals surface area contributed by atoms with Crippen LogP contribution in [0.1, 0.15) is 58.3 Å². The summed E-state index contributed by atoms with van der Waals surface area (Å²) in [7, 11) is 0. The van der Waals surface area contributed by atoms with Gasteiger partial charge in [-0.3, -0.25) is 4.79 Å². The summed E-state index contributed by atoms with van der Waals surface area (Å²) in [6.07, 6.45) is 9.95. The van der Waals surface area contributed by atoms with Gasteiger partial charge in [-0.25, -0.2) is 0 Å². The van der Waals surface area contributed by atoms with Crippen LogP contribution in [-0.2, 0) is 4.79 Å². The van der Waals surface area contributed by atoms with Crippen molar-refractivity contribution in [3.8, 4) is 0 Å². The van der Waals surface area contributed by atoms with Gasteiger partial charge in [-0.05, 0) is 31.1 Å². The van der Waals surface area contributed by atoms with Crippen molar-refractivity contribution < 1.29 is 4.79 Å². The van der Waals surface area contributed by atoms with Crippen molar-refractivity contribution in [2.75, 3.05) is 13.1 Å². The van der Waals surface area contributed by atoms with E-state index in [1.165, 1.54) is 38.5 Å². The predicted octanol–water partition coefficient (Wildman–Crippen LogP) is 3.22. The first-order valence-electron chi connectivity index (χ1n) is 7.03. The third-order valence-electron chi connectivity index (χ3n) is 4.25. The summed E-state index contributed by atoms with van der Waals surface area (Å²) in [5.74, 6) is 1.98. The lowest BCUT2D eigenvalue weighted by molar-refractivity contribution is -0.133. The molecule has 2 aliphatic rings. The number of carbonyl (C=O) groups excluding carboxylic acids is 1. The Bertz CT molecular complexity index is 233. The molecule has 0 radical (unpaired) electrons. The van der Waals surface area contributed by atoms with Gasteiger partial charge in [0.25, 0.3) is 0 Å². The minimum absolute atomic E-state index is 0.415. The maximum Gasteiger partial charge on any atom is 0.222 e. The second-order valence-corrected chi connectivity index (χ2v) is 5.78. The minimum atomic E-state index is 0.415. The summed E-state index contributed by atoms with van der Waals surface area (Å²) in [5.41, 5.74) is 0. The molecule has 0 N–H and O–H groups in total. The monoisotopic (exact) mass is 223 g/mol. The van der Waals surface area contributed by atoms with Gasteiger partial charge in [0.1, 0.15) is 0 Å². The Hall–Kier alpha value is -0.530. The first-order chi connectivity index (χ1) is 7.75. The van der Waals surface area contributed by atoms with E-state index in [1.54, 1.807) is 0 Å². The van der Waals surface area contributed by atoms with Crippen LogP contribution in [0, 0.1) is 11.8 Å².